The molecule has 3 aromatic rings. The van der Waals surface area contributed by atoms with E-state index in [1.165, 1.54) is 0 Å². The Bertz CT molecular complexity index is 1260. The molecule has 1 aliphatic rings. The van der Waals surface area contributed by atoms with Crippen LogP contribution >= 0.6 is 23.8 Å². The van der Waals surface area contributed by atoms with Crippen LogP contribution in [0.15, 0.2) is 66.7 Å². The van der Waals surface area contributed by atoms with E-state index in [0.717, 1.165) is 35.8 Å². The Morgan fingerprint density at radius 3 is 2.22 bits per heavy atom. The maximum absolute atomic E-state index is 12.8. The number of nitrogens with zero attached hydrogens (tertiary/aromatic N) is 2. The van der Waals surface area contributed by atoms with Gasteiger partial charge in [0.15, 0.2) is 5.11 Å². The van der Waals surface area contributed by atoms with Crippen LogP contribution in [0.4, 0.5) is 11.4 Å². The van der Waals surface area contributed by atoms with Crippen LogP contribution in [0.5, 0.6) is 5.75 Å². The molecule has 0 aliphatic carbocycles. The van der Waals surface area contributed by atoms with Gasteiger partial charge in [-0.05, 0) is 85.4 Å². The van der Waals surface area contributed by atoms with Crippen molar-refractivity contribution in [1.29, 1.82) is 0 Å². The van der Waals surface area contributed by atoms with Crippen LogP contribution in [0.1, 0.15) is 26.3 Å². The molecule has 7 nitrogen and oxygen atoms in total. The molecule has 0 radical (unpaired) electrons. The second-order valence-electron chi connectivity index (χ2n) is 8.45. The summed E-state index contributed by atoms with van der Waals surface area (Å²) < 4.78 is 5.16. The SMILES string of the molecule is COc1ccc(C(=O)N2CCN(c3ccc(NC(=S)NC(=O)c4ccc(C)cc4Cl)cc3)CC2)cc1. The number of thiocarbonyl (C=S) groups is 1. The van der Waals surface area contributed by atoms with E-state index in [2.05, 4.69) is 15.5 Å². The lowest BCUT2D eigenvalue weighted by Gasteiger charge is -2.36. The highest BCUT2D eigenvalue weighted by Crippen LogP contribution is 2.21. The molecule has 1 aliphatic heterocycles. The number of aryl methyl sites for hydroxylation is 1. The summed E-state index contributed by atoms with van der Waals surface area (Å²) >= 11 is 11.5. The van der Waals surface area contributed by atoms with Gasteiger partial charge in [-0.25, -0.2) is 0 Å². The third kappa shape index (κ3) is 6.13. The van der Waals surface area contributed by atoms with Crippen molar-refractivity contribution < 1.29 is 14.3 Å². The van der Waals surface area contributed by atoms with Gasteiger partial charge in [0.25, 0.3) is 11.8 Å². The van der Waals surface area contributed by atoms with Crippen LogP contribution < -0.4 is 20.3 Å². The van der Waals surface area contributed by atoms with Crippen molar-refractivity contribution in [2.45, 2.75) is 6.92 Å². The van der Waals surface area contributed by atoms with Gasteiger partial charge < -0.3 is 19.9 Å². The van der Waals surface area contributed by atoms with Gasteiger partial charge in [-0.3, -0.25) is 14.9 Å². The summed E-state index contributed by atoms with van der Waals surface area (Å²) in [6.45, 7) is 4.66. The Kier molecular flexibility index (Phi) is 8.07. The molecule has 0 saturated carbocycles. The Labute approximate surface area is 221 Å². The van der Waals surface area contributed by atoms with Gasteiger partial charge in [-0.1, -0.05) is 17.7 Å². The molecule has 4 rings (SSSR count). The molecule has 9 heteroatoms. The molecule has 0 atom stereocenters. The minimum Gasteiger partial charge on any atom is -0.497 e. The second kappa shape index (κ2) is 11.4. The van der Waals surface area contributed by atoms with Crippen LogP contribution in [0.2, 0.25) is 5.02 Å². The summed E-state index contributed by atoms with van der Waals surface area (Å²) in [6.07, 6.45) is 0. The first-order chi connectivity index (χ1) is 17.3. The molecule has 0 bridgehead atoms. The molecule has 0 unspecified atom stereocenters. The van der Waals surface area contributed by atoms with Crippen LogP contribution in [0, 0.1) is 6.92 Å². The van der Waals surface area contributed by atoms with Gasteiger partial charge in [0.1, 0.15) is 5.75 Å². The monoisotopic (exact) mass is 522 g/mol. The highest BCUT2D eigenvalue weighted by atomic mass is 35.5. The van der Waals surface area contributed by atoms with Gasteiger partial charge in [-0.15, -0.1) is 0 Å². The molecule has 2 amide bonds. The molecule has 0 spiro atoms. The summed E-state index contributed by atoms with van der Waals surface area (Å²) in [5, 5.41) is 6.26. The number of piperazine rings is 1. The Balaban J connectivity index is 1.28. The molecule has 0 aromatic heterocycles. The van der Waals surface area contributed by atoms with E-state index in [1.54, 1.807) is 43.5 Å². The largest absolute Gasteiger partial charge is 0.497 e. The molecule has 1 heterocycles. The Hall–Kier alpha value is -3.62. The number of amides is 2. The number of rotatable bonds is 5. The van der Waals surface area contributed by atoms with Crippen LogP contribution in [-0.2, 0) is 0 Å². The van der Waals surface area contributed by atoms with Crippen molar-refractivity contribution in [3.63, 3.8) is 0 Å². The lowest BCUT2D eigenvalue weighted by atomic mass is 10.1. The van der Waals surface area contributed by atoms with E-state index >= 15 is 0 Å². The maximum Gasteiger partial charge on any atom is 0.258 e. The highest BCUT2D eigenvalue weighted by molar-refractivity contribution is 7.80. The van der Waals surface area contributed by atoms with E-state index in [4.69, 9.17) is 28.6 Å². The number of halogens is 1. The van der Waals surface area contributed by atoms with Crippen molar-refractivity contribution in [3.8, 4) is 5.75 Å². The quantitative estimate of drug-likeness (QED) is 0.471. The standard InChI is InChI=1S/C27H27ClN4O3S/c1-18-3-12-23(24(28)17-18)25(33)30-27(36)29-20-6-8-21(9-7-20)31-13-15-32(16-14-31)26(34)19-4-10-22(35-2)11-5-19/h3-12,17H,13-16H2,1-2H3,(H2,29,30,33,36). The smallest absolute Gasteiger partial charge is 0.258 e. The number of carbonyl (C=O) groups is 2. The molecule has 36 heavy (non-hydrogen) atoms. The van der Waals surface area contributed by atoms with Crippen molar-refractivity contribution in [3.05, 3.63) is 88.4 Å². The topological polar surface area (TPSA) is 73.9 Å². The van der Waals surface area contributed by atoms with E-state index < -0.39 is 0 Å². The normalized spacial score (nSPS) is 13.2. The zero-order valence-corrected chi connectivity index (χ0v) is 21.7. The van der Waals surface area contributed by atoms with Crippen molar-refractivity contribution in [2.24, 2.45) is 0 Å². The summed E-state index contributed by atoms with van der Waals surface area (Å²) in [5.74, 6) is 0.392. The fourth-order valence-corrected chi connectivity index (χ4v) is 4.51. The van der Waals surface area contributed by atoms with Gasteiger partial charge in [0.2, 0.25) is 0 Å². The molecule has 1 saturated heterocycles. The van der Waals surface area contributed by atoms with Gasteiger partial charge in [-0.2, -0.15) is 0 Å². The zero-order chi connectivity index (χ0) is 25.7. The predicted octanol–water partition coefficient (Wildman–Crippen LogP) is 4.75. The Morgan fingerprint density at radius 2 is 1.61 bits per heavy atom. The van der Waals surface area contributed by atoms with Gasteiger partial charge in [0, 0.05) is 43.1 Å². The van der Waals surface area contributed by atoms with Crippen molar-refractivity contribution in [2.75, 3.05) is 43.5 Å². The number of carbonyl (C=O) groups excluding carboxylic acids is 2. The minimum atomic E-state index is -0.365. The molecule has 2 N–H and O–H groups in total. The molecular formula is C27H27ClN4O3S. The summed E-state index contributed by atoms with van der Waals surface area (Å²) in [7, 11) is 1.60. The van der Waals surface area contributed by atoms with E-state index in [-0.39, 0.29) is 16.9 Å². The number of hydrogen-bond acceptors (Lipinski definition) is 5. The Morgan fingerprint density at radius 1 is 0.944 bits per heavy atom. The summed E-state index contributed by atoms with van der Waals surface area (Å²) in [4.78, 5) is 29.4. The van der Waals surface area contributed by atoms with E-state index in [9.17, 15) is 9.59 Å². The van der Waals surface area contributed by atoms with E-state index in [0.29, 0.717) is 29.2 Å². The third-order valence-corrected chi connectivity index (χ3v) is 6.51. The van der Waals surface area contributed by atoms with Gasteiger partial charge in [0.05, 0.1) is 17.7 Å². The maximum atomic E-state index is 12.8. The number of nitrogens with one attached hydrogen (secondary N) is 2. The fraction of sp³-hybridized carbons (Fsp3) is 0.222. The van der Waals surface area contributed by atoms with Crippen LogP contribution in [-0.4, -0.2) is 55.1 Å². The van der Waals surface area contributed by atoms with Gasteiger partial charge >= 0.3 is 0 Å². The van der Waals surface area contributed by atoms with E-state index in [1.807, 2.05) is 42.2 Å². The predicted molar refractivity (Wildman–Crippen MR) is 147 cm³/mol. The first-order valence-electron chi connectivity index (χ1n) is 11.5. The number of ether oxygens (including phenoxy) is 1. The first kappa shape index (κ1) is 25.5. The lowest BCUT2D eigenvalue weighted by molar-refractivity contribution is 0.0746. The summed E-state index contributed by atoms with van der Waals surface area (Å²) in [6, 6.07) is 20.2. The minimum absolute atomic E-state index is 0.0272. The van der Waals surface area contributed by atoms with Crippen LogP contribution in [0.3, 0.4) is 0 Å². The summed E-state index contributed by atoms with van der Waals surface area (Å²) in [5.41, 5.74) is 3.81. The first-order valence-corrected chi connectivity index (χ1v) is 12.3. The number of benzene rings is 3. The fourth-order valence-electron chi connectivity index (χ4n) is 3.98. The average Bonchev–Trinajstić information content (AvgIpc) is 2.88. The third-order valence-electron chi connectivity index (χ3n) is 5.99. The molecular weight excluding hydrogens is 496 g/mol. The number of methoxy groups -OCH3 is 1. The number of anilines is 2. The average molecular weight is 523 g/mol. The van der Waals surface area contributed by atoms with Crippen molar-refractivity contribution in [1.82, 2.24) is 10.2 Å². The number of hydrogen-bond donors (Lipinski definition) is 2. The lowest BCUT2D eigenvalue weighted by Crippen LogP contribution is -2.48. The van der Waals surface area contributed by atoms with Crippen molar-refractivity contribution >= 4 is 52.1 Å². The second-order valence-corrected chi connectivity index (χ2v) is 9.26. The van der Waals surface area contributed by atoms with Crippen LogP contribution in [0.25, 0.3) is 0 Å². The zero-order valence-electron chi connectivity index (χ0n) is 20.1. The molecule has 186 valence electrons. The molecule has 1 fully saturated rings. The highest BCUT2D eigenvalue weighted by Gasteiger charge is 2.22. The molecule has 3 aromatic carbocycles.